The van der Waals surface area contributed by atoms with Crippen LogP contribution in [-0.4, -0.2) is 37.6 Å². The van der Waals surface area contributed by atoms with Gasteiger partial charge in [-0.15, -0.1) is 0 Å². The highest BCUT2D eigenvalue weighted by molar-refractivity contribution is 5.92. The largest absolute Gasteiger partial charge is 0.497 e. The maximum atomic E-state index is 11.7. The van der Waals surface area contributed by atoms with Gasteiger partial charge in [-0.1, -0.05) is 25.1 Å². The number of likely N-dealkylation sites (tertiary alicyclic amines) is 1. The van der Waals surface area contributed by atoms with Gasteiger partial charge >= 0.3 is 0 Å². The van der Waals surface area contributed by atoms with Crippen LogP contribution in [0.25, 0.3) is 0 Å². The van der Waals surface area contributed by atoms with Gasteiger partial charge in [-0.3, -0.25) is 4.79 Å². The Hall–Kier alpha value is -2.33. The van der Waals surface area contributed by atoms with Crippen LogP contribution in [0.3, 0.4) is 0 Å². The van der Waals surface area contributed by atoms with Crippen LogP contribution >= 0.6 is 0 Å². The van der Waals surface area contributed by atoms with Crippen molar-refractivity contribution in [2.45, 2.75) is 37.1 Å². The smallest absolute Gasteiger partial charge is 0.248 e. The number of nitrogens with zero attached hydrogens (tertiary/aromatic N) is 1. The van der Waals surface area contributed by atoms with Gasteiger partial charge in [-0.25, -0.2) is 0 Å². The molecule has 136 valence electrons. The first-order valence-corrected chi connectivity index (χ1v) is 9.21. The fourth-order valence-corrected chi connectivity index (χ4v) is 5.08. The zero-order valence-electron chi connectivity index (χ0n) is 15.7. The normalized spacial score (nSPS) is 27.7. The molecule has 4 nitrogen and oxygen atoms in total. The maximum Gasteiger partial charge on any atom is 0.248 e. The molecule has 1 saturated heterocycles. The minimum atomic E-state index is -0.367. The van der Waals surface area contributed by atoms with Crippen molar-refractivity contribution in [2.24, 2.45) is 5.73 Å². The third-order valence-corrected chi connectivity index (χ3v) is 6.51. The molecule has 2 aromatic carbocycles. The lowest BCUT2D eigenvalue weighted by Gasteiger charge is -2.55. The molecule has 2 bridgehead atoms. The lowest BCUT2D eigenvalue weighted by atomic mass is 9.56. The molecule has 0 radical (unpaired) electrons. The summed E-state index contributed by atoms with van der Waals surface area (Å²) in [6.07, 6.45) is 2.09. The number of ether oxygens (including phenoxy) is 1. The van der Waals surface area contributed by atoms with E-state index in [9.17, 15) is 4.79 Å². The number of likely N-dealkylation sites (N-methyl/N-ethyl adjacent to an activating group) is 1. The molecule has 2 aromatic rings. The van der Waals surface area contributed by atoms with E-state index >= 15 is 0 Å². The zero-order chi connectivity index (χ0) is 18.5. The van der Waals surface area contributed by atoms with Crippen molar-refractivity contribution < 1.29 is 9.53 Å². The van der Waals surface area contributed by atoms with Crippen LogP contribution in [0.1, 0.15) is 46.3 Å². The Morgan fingerprint density at radius 2 is 2.08 bits per heavy atom. The van der Waals surface area contributed by atoms with E-state index in [-0.39, 0.29) is 11.3 Å². The number of hydrogen-bond donors (Lipinski definition) is 1. The Labute approximate surface area is 155 Å². The van der Waals surface area contributed by atoms with E-state index in [0.717, 1.165) is 25.1 Å². The number of fused-ring (bicyclic) bond motifs is 4. The summed E-state index contributed by atoms with van der Waals surface area (Å²) in [5.74, 6) is 0.862. The van der Waals surface area contributed by atoms with Crippen molar-refractivity contribution in [3.05, 3.63) is 64.7 Å². The molecule has 1 fully saturated rings. The van der Waals surface area contributed by atoms with Gasteiger partial charge in [0.1, 0.15) is 5.75 Å². The standard InChI is InChI=1S/C22H26N2O2/c1-22-9-10-24(2)19(12-14-7-8-17(26-3)13-18(14)22)20(22)15-5-4-6-16(11-15)21(23)25/h4-8,11,13,19-20H,9-10,12H2,1-3H3,(H2,23,25). The van der Waals surface area contributed by atoms with Crippen molar-refractivity contribution in [3.8, 4) is 5.75 Å². The molecule has 1 aliphatic heterocycles. The Balaban J connectivity index is 1.88. The highest BCUT2D eigenvalue weighted by Gasteiger charge is 2.50. The van der Waals surface area contributed by atoms with Crippen LogP contribution in [0.15, 0.2) is 42.5 Å². The minimum Gasteiger partial charge on any atom is -0.497 e. The summed E-state index contributed by atoms with van der Waals surface area (Å²) in [6.45, 7) is 3.44. The number of carbonyl (C=O) groups is 1. The Kier molecular flexibility index (Phi) is 4.03. The number of hydrogen-bond acceptors (Lipinski definition) is 3. The molecule has 4 heteroatoms. The van der Waals surface area contributed by atoms with Crippen molar-refractivity contribution >= 4 is 5.91 Å². The first kappa shape index (κ1) is 17.1. The van der Waals surface area contributed by atoms with E-state index in [1.807, 2.05) is 12.1 Å². The third kappa shape index (κ3) is 2.52. The van der Waals surface area contributed by atoms with Gasteiger partial charge in [0.25, 0.3) is 0 Å². The summed E-state index contributed by atoms with van der Waals surface area (Å²) in [7, 11) is 3.93. The highest BCUT2D eigenvalue weighted by atomic mass is 16.5. The third-order valence-electron chi connectivity index (χ3n) is 6.51. The summed E-state index contributed by atoms with van der Waals surface area (Å²) < 4.78 is 5.50. The SMILES string of the molecule is COc1ccc2c(c1)C1(C)CCN(C)C(C2)C1c1cccc(C(N)=O)c1. The second kappa shape index (κ2) is 6.13. The number of amides is 1. The van der Waals surface area contributed by atoms with E-state index in [2.05, 4.69) is 43.1 Å². The highest BCUT2D eigenvalue weighted by Crippen LogP contribution is 2.53. The molecule has 3 unspecified atom stereocenters. The Bertz CT molecular complexity index is 863. The van der Waals surface area contributed by atoms with E-state index in [0.29, 0.717) is 17.5 Å². The van der Waals surface area contributed by atoms with E-state index in [1.165, 1.54) is 16.7 Å². The predicted octanol–water partition coefficient (Wildman–Crippen LogP) is 3.10. The summed E-state index contributed by atoms with van der Waals surface area (Å²) in [6, 6.07) is 14.8. The van der Waals surface area contributed by atoms with Crippen LogP contribution < -0.4 is 10.5 Å². The van der Waals surface area contributed by atoms with Gasteiger partial charge < -0.3 is 15.4 Å². The van der Waals surface area contributed by atoms with Crippen molar-refractivity contribution in [1.82, 2.24) is 4.90 Å². The van der Waals surface area contributed by atoms with Crippen LogP contribution in [-0.2, 0) is 11.8 Å². The molecule has 3 atom stereocenters. The number of methoxy groups -OCH3 is 1. The summed E-state index contributed by atoms with van der Waals surface area (Å²) >= 11 is 0. The second-order valence-electron chi connectivity index (χ2n) is 7.91. The quantitative estimate of drug-likeness (QED) is 0.925. The number of primary amides is 1. The van der Waals surface area contributed by atoms with Gasteiger partial charge in [0, 0.05) is 22.9 Å². The average Bonchev–Trinajstić information content (AvgIpc) is 2.65. The molecule has 2 N–H and O–H groups in total. The fourth-order valence-electron chi connectivity index (χ4n) is 5.08. The van der Waals surface area contributed by atoms with Crippen molar-refractivity contribution in [2.75, 3.05) is 20.7 Å². The molecule has 2 aliphatic rings. The molecule has 1 aliphatic carbocycles. The minimum absolute atomic E-state index is 0.00949. The summed E-state index contributed by atoms with van der Waals surface area (Å²) in [4.78, 5) is 14.2. The molecular weight excluding hydrogens is 324 g/mol. The lowest BCUT2D eigenvalue weighted by Crippen LogP contribution is -2.56. The van der Waals surface area contributed by atoms with Crippen LogP contribution in [0, 0.1) is 0 Å². The second-order valence-corrected chi connectivity index (χ2v) is 7.91. The van der Waals surface area contributed by atoms with Crippen molar-refractivity contribution in [1.29, 1.82) is 0 Å². The van der Waals surface area contributed by atoms with E-state index < -0.39 is 0 Å². The van der Waals surface area contributed by atoms with Gasteiger partial charge in [-0.05, 0) is 67.4 Å². The monoisotopic (exact) mass is 350 g/mol. The summed E-state index contributed by atoms with van der Waals surface area (Å²) in [5, 5.41) is 0. The summed E-state index contributed by atoms with van der Waals surface area (Å²) in [5.41, 5.74) is 10.1. The molecule has 0 aromatic heterocycles. The van der Waals surface area contributed by atoms with Crippen molar-refractivity contribution in [3.63, 3.8) is 0 Å². The van der Waals surface area contributed by atoms with Gasteiger partial charge in [0.2, 0.25) is 5.91 Å². The van der Waals surface area contributed by atoms with Crippen LogP contribution in [0.5, 0.6) is 5.75 Å². The van der Waals surface area contributed by atoms with Crippen LogP contribution in [0.4, 0.5) is 0 Å². The van der Waals surface area contributed by atoms with Gasteiger partial charge in [0.15, 0.2) is 0 Å². The lowest BCUT2D eigenvalue weighted by molar-refractivity contribution is 0.0828. The maximum absolute atomic E-state index is 11.7. The molecule has 0 spiro atoms. The molecule has 1 amide bonds. The first-order valence-electron chi connectivity index (χ1n) is 9.21. The number of piperidine rings is 1. The van der Waals surface area contributed by atoms with E-state index in [4.69, 9.17) is 10.5 Å². The number of nitrogens with two attached hydrogens (primary N) is 1. The fraction of sp³-hybridized carbons (Fsp3) is 0.409. The Morgan fingerprint density at radius 3 is 2.81 bits per heavy atom. The average molecular weight is 350 g/mol. The first-order chi connectivity index (χ1) is 12.4. The van der Waals surface area contributed by atoms with Gasteiger partial charge in [-0.2, -0.15) is 0 Å². The Morgan fingerprint density at radius 1 is 1.27 bits per heavy atom. The number of carbonyl (C=O) groups excluding carboxylic acids is 1. The molecule has 0 saturated carbocycles. The topological polar surface area (TPSA) is 55.6 Å². The molecule has 26 heavy (non-hydrogen) atoms. The molecular formula is C22H26N2O2. The molecule has 1 heterocycles. The van der Waals surface area contributed by atoms with Crippen LogP contribution in [0.2, 0.25) is 0 Å². The number of benzene rings is 2. The molecule has 4 rings (SSSR count). The van der Waals surface area contributed by atoms with Gasteiger partial charge in [0.05, 0.1) is 7.11 Å². The predicted molar refractivity (Wildman–Crippen MR) is 103 cm³/mol. The zero-order valence-corrected chi connectivity index (χ0v) is 15.7. The van der Waals surface area contributed by atoms with E-state index in [1.54, 1.807) is 13.2 Å². The number of rotatable bonds is 3.